The topological polar surface area (TPSA) is 48.4 Å². The van der Waals surface area contributed by atoms with E-state index in [1.165, 1.54) is 0 Å². The van der Waals surface area contributed by atoms with Crippen LogP contribution in [0.1, 0.15) is 18.1 Å². The minimum atomic E-state index is 0.535. The monoisotopic (exact) mass is 291 g/mol. The van der Waals surface area contributed by atoms with Crippen LogP contribution in [-0.4, -0.2) is 28.6 Å². The largest absolute Gasteiger partial charge is 0.515 e. The van der Waals surface area contributed by atoms with Gasteiger partial charge in [0.2, 0.25) is 0 Å². The number of allylic oxidation sites excluding steroid dienone is 2. The van der Waals surface area contributed by atoms with Gasteiger partial charge in [-0.2, -0.15) is 0 Å². The van der Waals surface area contributed by atoms with Crippen LogP contribution in [0.2, 0.25) is 5.15 Å². The maximum atomic E-state index is 8.98. The fourth-order valence-corrected chi connectivity index (χ4v) is 2.43. The number of likely N-dealkylation sites (N-methyl/N-ethyl adjacent to an activating group) is 1. The first-order chi connectivity index (χ1) is 9.56. The third-order valence-corrected chi connectivity index (χ3v) is 3.66. The molecule has 1 aliphatic heterocycles. The molecule has 0 aromatic carbocycles. The number of hydrogen-bond donors (Lipinski definition) is 2. The molecule has 1 aliphatic rings. The molecule has 1 aromatic rings. The number of pyridine rings is 1. The minimum absolute atomic E-state index is 0.535. The number of halogens is 1. The van der Waals surface area contributed by atoms with E-state index >= 15 is 0 Å². The van der Waals surface area contributed by atoms with Crippen LogP contribution in [0.5, 0.6) is 0 Å². The van der Waals surface area contributed by atoms with Gasteiger partial charge in [0.1, 0.15) is 5.15 Å². The first kappa shape index (κ1) is 14.5. The summed E-state index contributed by atoms with van der Waals surface area (Å²) < 4.78 is 0. The van der Waals surface area contributed by atoms with Crippen molar-refractivity contribution in [1.29, 1.82) is 0 Å². The SMILES string of the molecule is C=C1c2ccnc(Cl)c2CN1C/C(=C/C(C)=C/O)NC. The lowest BCUT2D eigenvalue weighted by Crippen LogP contribution is -2.24. The second-order valence-electron chi connectivity index (χ2n) is 4.72. The van der Waals surface area contributed by atoms with E-state index in [2.05, 4.69) is 21.8 Å². The van der Waals surface area contributed by atoms with Crippen molar-refractivity contribution in [3.05, 3.63) is 58.7 Å². The standard InChI is InChI=1S/C15H18ClN3O/c1-10(9-20)6-12(17-3)7-19-8-14-13(11(19)2)4-5-18-15(14)16/h4-6,9,17,20H,2,7-8H2,1,3H3/b10-9+,12-6-. The molecule has 0 atom stereocenters. The Balaban J connectivity index is 2.20. The van der Waals surface area contributed by atoms with Gasteiger partial charge >= 0.3 is 0 Å². The number of rotatable bonds is 4. The molecular formula is C15H18ClN3O. The Bertz CT molecular complexity index is 593. The van der Waals surface area contributed by atoms with Crippen LogP contribution in [0.3, 0.4) is 0 Å². The predicted octanol–water partition coefficient (Wildman–Crippen LogP) is 3.09. The Morgan fingerprint density at radius 2 is 2.40 bits per heavy atom. The van der Waals surface area contributed by atoms with Crippen molar-refractivity contribution in [2.24, 2.45) is 0 Å². The highest BCUT2D eigenvalue weighted by molar-refractivity contribution is 6.30. The number of nitrogens with one attached hydrogen (secondary N) is 1. The van der Waals surface area contributed by atoms with E-state index in [0.29, 0.717) is 18.2 Å². The molecule has 5 heteroatoms. The predicted molar refractivity (Wildman–Crippen MR) is 82.2 cm³/mol. The maximum absolute atomic E-state index is 8.98. The van der Waals surface area contributed by atoms with Crippen molar-refractivity contribution in [1.82, 2.24) is 15.2 Å². The van der Waals surface area contributed by atoms with Crippen LogP contribution < -0.4 is 5.32 Å². The summed E-state index contributed by atoms with van der Waals surface area (Å²) in [5.41, 5.74) is 4.79. The number of aliphatic hydroxyl groups excluding tert-OH is 1. The van der Waals surface area contributed by atoms with Gasteiger partial charge in [-0.1, -0.05) is 18.2 Å². The fraction of sp³-hybridized carbons (Fsp3) is 0.267. The van der Waals surface area contributed by atoms with Crippen LogP contribution in [0.15, 0.2) is 42.5 Å². The molecule has 2 heterocycles. The molecular weight excluding hydrogens is 274 g/mol. The van der Waals surface area contributed by atoms with Gasteiger partial charge in [0.05, 0.1) is 12.8 Å². The maximum Gasteiger partial charge on any atom is 0.134 e. The third-order valence-electron chi connectivity index (χ3n) is 3.33. The molecule has 0 bridgehead atoms. The average Bonchev–Trinajstić information content (AvgIpc) is 2.76. The van der Waals surface area contributed by atoms with E-state index < -0.39 is 0 Å². The zero-order chi connectivity index (χ0) is 14.7. The molecule has 0 aliphatic carbocycles. The number of aliphatic hydroxyl groups is 1. The lowest BCUT2D eigenvalue weighted by atomic mass is 10.1. The van der Waals surface area contributed by atoms with Crippen molar-refractivity contribution >= 4 is 17.3 Å². The Kier molecular flexibility index (Phi) is 4.35. The molecule has 0 saturated carbocycles. The van der Waals surface area contributed by atoms with Crippen LogP contribution >= 0.6 is 11.6 Å². The molecule has 2 N–H and O–H groups in total. The van der Waals surface area contributed by atoms with Crippen LogP contribution in [0.4, 0.5) is 0 Å². The van der Waals surface area contributed by atoms with Gasteiger partial charge in [0, 0.05) is 42.3 Å². The second kappa shape index (κ2) is 6.01. The first-order valence-corrected chi connectivity index (χ1v) is 6.71. The molecule has 0 saturated heterocycles. The highest BCUT2D eigenvalue weighted by Crippen LogP contribution is 2.34. The molecule has 106 valence electrons. The van der Waals surface area contributed by atoms with E-state index in [1.807, 2.05) is 26.1 Å². The summed E-state index contributed by atoms with van der Waals surface area (Å²) in [6, 6.07) is 1.94. The summed E-state index contributed by atoms with van der Waals surface area (Å²) in [5, 5.41) is 12.6. The van der Waals surface area contributed by atoms with Gasteiger partial charge < -0.3 is 15.3 Å². The van der Waals surface area contributed by atoms with Gasteiger partial charge in [-0.15, -0.1) is 0 Å². The number of fused-ring (bicyclic) bond motifs is 1. The quantitative estimate of drug-likeness (QED) is 0.508. The van der Waals surface area contributed by atoms with E-state index in [1.54, 1.807) is 6.20 Å². The van der Waals surface area contributed by atoms with E-state index in [-0.39, 0.29) is 0 Å². The van der Waals surface area contributed by atoms with Gasteiger partial charge in [-0.05, 0) is 24.6 Å². The molecule has 0 amide bonds. The van der Waals surface area contributed by atoms with Crippen molar-refractivity contribution in [2.75, 3.05) is 13.6 Å². The van der Waals surface area contributed by atoms with Crippen LogP contribution in [0.25, 0.3) is 5.70 Å². The third kappa shape index (κ3) is 2.80. The van der Waals surface area contributed by atoms with E-state index in [4.69, 9.17) is 16.7 Å². The highest BCUT2D eigenvalue weighted by atomic mass is 35.5. The van der Waals surface area contributed by atoms with Crippen LogP contribution in [0, 0.1) is 0 Å². The Labute approximate surface area is 124 Å². The van der Waals surface area contributed by atoms with Gasteiger partial charge in [-0.3, -0.25) is 0 Å². The zero-order valence-electron chi connectivity index (χ0n) is 11.7. The number of nitrogens with zero attached hydrogens (tertiary/aromatic N) is 2. The van der Waals surface area contributed by atoms with Gasteiger partial charge in [0.15, 0.2) is 0 Å². The van der Waals surface area contributed by atoms with Crippen molar-refractivity contribution in [3.8, 4) is 0 Å². The van der Waals surface area contributed by atoms with Crippen molar-refractivity contribution in [2.45, 2.75) is 13.5 Å². The highest BCUT2D eigenvalue weighted by Gasteiger charge is 2.25. The molecule has 0 fully saturated rings. The smallest absolute Gasteiger partial charge is 0.134 e. The number of aromatic nitrogens is 1. The Morgan fingerprint density at radius 1 is 1.65 bits per heavy atom. The first-order valence-electron chi connectivity index (χ1n) is 6.33. The van der Waals surface area contributed by atoms with Crippen molar-refractivity contribution < 1.29 is 5.11 Å². The van der Waals surface area contributed by atoms with E-state index in [9.17, 15) is 0 Å². The van der Waals surface area contributed by atoms with Crippen molar-refractivity contribution in [3.63, 3.8) is 0 Å². The normalized spacial score (nSPS) is 15.6. The van der Waals surface area contributed by atoms with Gasteiger partial charge in [-0.25, -0.2) is 4.98 Å². The summed E-state index contributed by atoms with van der Waals surface area (Å²) in [6.45, 7) is 7.33. The molecule has 1 aromatic heterocycles. The lowest BCUT2D eigenvalue weighted by molar-refractivity contribution is 0.435. The summed E-state index contributed by atoms with van der Waals surface area (Å²) >= 11 is 6.13. The molecule has 2 rings (SSSR count). The second-order valence-corrected chi connectivity index (χ2v) is 5.08. The molecule has 4 nitrogen and oxygen atoms in total. The molecule has 0 spiro atoms. The Hall–Kier alpha value is -1.94. The zero-order valence-corrected chi connectivity index (χ0v) is 12.4. The summed E-state index contributed by atoms with van der Waals surface area (Å²) in [4.78, 5) is 6.24. The average molecular weight is 292 g/mol. The molecule has 20 heavy (non-hydrogen) atoms. The minimum Gasteiger partial charge on any atom is -0.515 e. The fourth-order valence-electron chi connectivity index (χ4n) is 2.21. The molecule has 0 radical (unpaired) electrons. The van der Waals surface area contributed by atoms with E-state index in [0.717, 1.165) is 34.4 Å². The van der Waals surface area contributed by atoms with Crippen LogP contribution in [-0.2, 0) is 6.54 Å². The Morgan fingerprint density at radius 3 is 3.00 bits per heavy atom. The lowest BCUT2D eigenvalue weighted by Gasteiger charge is -2.21. The summed E-state index contributed by atoms with van der Waals surface area (Å²) in [5.74, 6) is 0. The number of hydrogen-bond acceptors (Lipinski definition) is 4. The van der Waals surface area contributed by atoms with Gasteiger partial charge in [0.25, 0.3) is 0 Å². The molecule has 0 unspecified atom stereocenters. The summed E-state index contributed by atoms with van der Waals surface area (Å²) in [7, 11) is 1.86. The summed E-state index contributed by atoms with van der Waals surface area (Å²) in [6.07, 6.45) is 4.69.